The molecule has 0 bridgehead atoms. The van der Waals surface area contributed by atoms with Crippen molar-refractivity contribution in [2.45, 2.75) is 64.5 Å². The van der Waals surface area contributed by atoms with Gasteiger partial charge in [-0.3, -0.25) is 0 Å². The molecule has 0 heterocycles. The molecule has 1 N–H and O–H groups in total. The fraction of sp³-hybridized carbons (Fsp3) is 0.647. The third-order valence-electron chi connectivity index (χ3n) is 4.50. The topological polar surface area (TPSA) is 12.0 Å². The van der Waals surface area contributed by atoms with Crippen molar-refractivity contribution in [2.75, 3.05) is 0 Å². The van der Waals surface area contributed by atoms with E-state index < -0.39 is 0 Å². The van der Waals surface area contributed by atoms with Crippen molar-refractivity contribution < 1.29 is 0 Å². The van der Waals surface area contributed by atoms with Crippen molar-refractivity contribution in [3.05, 3.63) is 34.3 Å². The van der Waals surface area contributed by atoms with Gasteiger partial charge in [-0.2, -0.15) is 0 Å². The molecule has 1 saturated carbocycles. The minimum absolute atomic E-state index is 0.445. The second-order valence-electron chi connectivity index (χ2n) is 5.92. The number of halogens is 1. The van der Waals surface area contributed by atoms with Gasteiger partial charge in [0.1, 0.15) is 0 Å². The Kier molecular flexibility index (Phi) is 5.90. The smallest absolute Gasteiger partial charge is 0.0294 e. The van der Waals surface area contributed by atoms with E-state index in [4.69, 9.17) is 0 Å². The largest absolute Gasteiger partial charge is 0.307 e. The van der Waals surface area contributed by atoms with Crippen LogP contribution in [0.1, 0.15) is 64.0 Å². The lowest BCUT2D eigenvalue weighted by Crippen LogP contribution is -2.31. The van der Waals surface area contributed by atoms with Gasteiger partial charge in [-0.15, -0.1) is 0 Å². The van der Waals surface area contributed by atoms with E-state index in [1.54, 1.807) is 0 Å². The molecule has 1 aliphatic rings. The summed E-state index contributed by atoms with van der Waals surface area (Å²) in [6, 6.07) is 9.80. The predicted molar refractivity (Wildman–Crippen MR) is 86.3 cm³/mol. The van der Waals surface area contributed by atoms with Gasteiger partial charge >= 0.3 is 0 Å². The maximum Gasteiger partial charge on any atom is 0.0294 e. The number of rotatable bonds is 4. The maximum atomic E-state index is 3.83. The highest BCUT2D eigenvalue weighted by Gasteiger charge is 2.19. The number of nitrogens with one attached hydrogen (secondary N) is 1. The number of hydrogen-bond donors (Lipinski definition) is 1. The first-order valence-electron chi connectivity index (χ1n) is 7.70. The Balaban J connectivity index is 1.90. The Hall–Kier alpha value is -0.340. The van der Waals surface area contributed by atoms with E-state index in [9.17, 15) is 0 Å². The van der Waals surface area contributed by atoms with Gasteiger partial charge in [0.15, 0.2) is 0 Å². The molecule has 106 valence electrons. The van der Waals surface area contributed by atoms with Gasteiger partial charge in [-0.25, -0.2) is 0 Å². The van der Waals surface area contributed by atoms with Crippen molar-refractivity contribution in [3.8, 4) is 0 Å². The van der Waals surface area contributed by atoms with Gasteiger partial charge in [0.2, 0.25) is 0 Å². The average molecular weight is 324 g/mol. The van der Waals surface area contributed by atoms with Crippen LogP contribution < -0.4 is 5.32 Å². The fourth-order valence-corrected chi connectivity index (χ4v) is 3.60. The van der Waals surface area contributed by atoms with Gasteiger partial charge in [0, 0.05) is 16.6 Å². The molecule has 1 aliphatic carbocycles. The van der Waals surface area contributed by atoms with Gasteiger partial charge in [0.25, 0.3) is 0 Å². The van der Waals surface area contributed by atoms with Crippen molar-refractivity contribution >= 4 is 15.9 Å². The Bertz CT molecular complexity index is 391. The molecule has 2 unspecified atom stereocenters. The molecular formula is C17H26BrN. The molecule has 0 aliphatic heterocycles. The summed E-state index contributed by atoms with van der Waals surface area (Å²) in [5.74, 6) is 0.966. The predicted octanol–water partition coefficient (Wildman–Crippen LogP) is 5.46. The second kappa shape index (κ2) is 7.44. The number of benzene rings is 1. The van der Waals surface area contributed by atoms with Crippen LogP contribution in [0.15, 0.2) is 28.7 Å². The minimum atomic E-state index is 0.445. The van der Waals surface area contributed by atoms with Crippen LogP contribution in [0.3, 0.4) is 0 Å². The van der Waals surface area contributed by atoms with E-state index in [1.165, 1.54) is 48.6 Å². The van der Waals surface area contributed by atoms with Crippen LogP contribution in [0.25, 0.3) is 0 Å². The molecule has 2 rings (SSSR count). The van der Waals surface area contributed by atoms with Crippen LogP contribution in [-0.4, -0.2) is 6.04 Å². The van der Waals surface area contributed by atoms with E-state index in [2.05, 4.69) is 59.4 Å². The van der Waals surface area contributed by atoms with E-state index in [1.807, 2.05) is 0 Å². The van der Waals surface area contributed by atoms with Crippen molar-refractivity contribution in [1.29, 1.82) is 0 Å². The highest BCUT2D eigenvalue weighted by molar-refractivity contribution is 9.10. The van der Waals surface area contributed by atoms with Gasteiger partial charge < -0.3 is 5.32 Å². The summed E-state index contributed by atoms with van der Waals surface area (Å²) in [5, 5.41) is 3.83. The van der Waals surface area contributed by atoms with Gasteiger partial charge in [-0.1, -0.05) is 54.2 Å². The van der Waals surface area contributed by atoms with E-state index in [0.717, 1.165) is 5.92 Å². The van der Waals surface area contributed by atoms with Crippen molar-refractivity contribution in [2.24, 2.45) is 5.92 Å². The third-order valence-corrected chi connectivity index (χ3v) is 4.99. The first-order valence-corrected chi connectivity index (χ1v) is 8.50. The molecule has 1 aromatic carbocycles. The molecule has 3 atom stereocenters. The molecule has 0 saturated heterocycles. The lowest BCUT2D eigenvalue weighted by atomic mass is 9.97. The van der Waals surface area contributed by atoms with E-state index in [0.29, 0.717) is 12.1 Å². The molecule has 0 aromatic heterocycles. The van der Waals surface area contributed by atoms with Crippen molar-refractivity contribution in [3.63, 3.8) is 0 Å². The van der Waals surface area contributed by atoms with Crippen LogP contribution in [0.5, 0.6) is 0 Å². The summed E-state index contributed by atoms with van der Waals surface area (Å²) >= 11 is 3.56. The monoisotopic (exact) mass is 323 g/mol. The summed E-state index contributed by atoms with van der Waals surface area (Å²) in [6.07, 6.45) is 8.26. The SMILES string of the molecule is CCC1CCCC(N[C@@H](C)c2cccc(Br)c2)CC1. The fourth-order valence-electron chi connectivity index (χ4n) is 3.18. The standard InChI is InChI=1S/C17H26BrN/c1-3-14-6-4-9-17(11-10-14)19-13(2)15-7-5-8-16(18)12-15/h5,7-8,12-14,17,19H,3-4,6,9-11H2,1-2H3/t13-,14?,17?/m0/s1. The lowest BCUT2D eigenvalue weighted by Gasteiger charge is -2.22. The summed E-state index contributed by atoms with van der Waals surface area (Å²) in [7, 11) is 0. The molecule has 0 spiro atoms. The Labute approximate surface area is 126 Å². The Morgan fingerprint density at radius 1 is 1.26 bits per heavy atom. The third kappa shape index (κ3) is 4.61. The average Bonchev–Trinajstić information content (AvgIpc) is 2.64. The van der Waals surface area contributed by atoms with Gasteiger partial charge in [-0.05, 0) is 49.8 Å². The van der Waals surface area contributed by atoms with Crippen LogP contribution in [0.4, 0.5) is 0 Å². The molecule has 1 fully saturated rings. The number of hydrogen-bond acceptors (Lipinski definition) is 1. The zero-order chi connectivity index (χ0) is 13.7. The summed E-state index contributed by atoms with van der Waals surface area (Å²) in [5.41, 5.74) is 1.38. The summed E-state index contributed by atoms with van der Waals surface area (Å²) in [4.78, 5) is 0. The first-order chi connectivity index (χ1) is 9.19. The molecule has 2 heteroatoms. The normalized spacial score (nSPS) is 25.8. The van der Waals surface area contributed by atoms with Crippen LogP contribution >= 0.6 is 15.9 Å². The zero-order valence-electron chi connectivity index (χ0n) is 12.2. The molecule has 1 nitrogen and oxygen atoms in total. The highest BCUT2D eigenvalue weighted by atomic mass is 79.9. The second-order valence-corrected chi connectivity index (χ2v) is 6.84. The summed E-state index contributed by atoms with van der Waals surface area (Å²) < 4.78 is 1.17. The van der Waals surface area contributed by atoms with E-state index >= 15 is 0 Å². The van der Waals surface area contributed by atoms with Crippen LogP contribution in [0, 0.1) is 5.92 Å². The molecule has 19 heavy (non-hydrogen) atoms. The lowest BCUT2D eigenvalue weighted by molar-refractivity contribution is 0.400. The molecule has 0 amide bonds. The first kappa shape index (κ1) is 15.1. The maximum absolute atomic E-state index is 3.83. The van der Waals surface area contributed by atoms with E-state index in [-0.39, 0.29) is 0 Å². The Morgan fingerprint density at radius 3 is 2.84 bits per heavy atom. The molecular weight excluding hydrogens is 298 g/mol. The van der Waals surface area contributed by atoms with Crippen LogP contribution in [0.2, 0.25) is 0 Å². The zero-order valence-corrected chi connectivity index (χ0v) is 13.7. The molecule has 0 radical (unpaired) electrons. The minimum Gasteiger partial charge on any atom is -0.307 e. The highest BCUT2D eigenvalue weighted by Crippen LogP contribution is 2.27. The molecule has 1 aromatic rings. The quantitative estimate of drug-likeness (QED) is 0.725. The van der Waals surface area contributed by atoms with Crippen molar-refractivity contribution in [1.82, 2.24) is 5.32 Å². The summed E-state index contributed by atoms with van der Waals surface area (Å²) in [6.45, 7) is 4.62. The van der Waals surface area contributed by atoms with Crippen LogP contribution in [-0.2, 0) is 0 Å². The van der Waals surface area contributed by atoms with Gasteiger partial charge in [0.05, 0.1) is 0 Å². The Morgan fingerprint density at radius 2 is 2.11 bits per heavy atom.